The van der Waals surface area contributed by atoms with E-state index >= 15 is 0 Å². The van der Waals surface area contributed by atoms with E-state index in [1.807, 2.05) is 43.4 Å². The van der Waals surface area contributed by atoms with Gasteiger partial charge in [-0.25, -0.2) is 0 Å². The van der Waals surface area contributed by atoms with Gasteiger partial charge in [0.15, 0.2) is 0 Å². The third-order valence-electron chi connectivity index (χ3n) is 6.88. The average molecular weight is 475 g/mol. The fourth-order valence-corrected chi connectivity index (χ4v) is 4.85. The SMILES string of the molecule is CN(Cc1cccc2cc(CN3CCNCC3)ccc12)C(=O)c1ccc(-c2ccc(C#N)cc2)cc1. The number of hydrogen-bond acceptors (Lipinski definition) is 4. The minimum atomic E-state index is -0.00582. The zero-order valence-electron chi connectivity index (χ0n) is 20.6. The summed E-state index contributed by atoms with van der Waals surface area (Å²) in [6, 6.07) is 30.3. The Morgan fingerprint density at radius 1 is 0.944 bits per heavy atom. The Labute approximate surface area is 212 Å². The quantitative estimate of drug-likeness (QED) is 0.425. The maximum atomic E-state index is 13.2. The molecule has 5 nitrogen and oxygen atoms in total. The summed E-state index contributed by atoms with van der Waals surface area (Å²) in [6.07, 6.45) is 0. The van der Waals surface area contributed by atoms with Crippen LogP contribution < -0.4 is 5.32 Å². The number of nitrogens with one attached hydrogen (secondary N) is 1. The molecule has 180 valence electrons. The highest BCUT2D eigenvalue weighted by Crippen LogP contribution is 2.24. The van der Waals surface area contributed by atoms with E-state index in [0.29, 0.717) is 17.7 Å². The van der Waals surface area contributed by atoms with Gasteiger partial charge in [0.05, 0.1) is 11.6 Å². The van der Waals surface area contributed by atoms with Gasteiger partial charge in [-0.1, -0.05) is 54.6 Å². The van der Waals surface area contributed by atoms with Crippen LogP contribution in [0.3, 0.4) is 0 Å². The molecule has 1 saturated heterocycles. The average Bonchev–Trinajstić information content (AvgIpc) is 2.93. The van der Waals surface area contributed by atoms with Gasteiger partial charge in [0.2, 0.25) is 0 Å². The Kier molecular flexibility index (Phi) is 7.08. The lowest BCUT2D eigenvalue weighted by molar-refractivity contribution is 0.0785. The second-order valence-electron chi connectivity index (χ2n) is 9.43. The van der Waals surface area contributed by atoms with Gasteiger partial charge in [-0.3, -0.25) is 9.69 Å². The lowest BCUT2D eigenvalue weighted by atomic mass is 10.0. The molecule has 5 rings (SSSR count). The first-order valence-electron chi connectivity index (χ1n) is 12.4. The summed E-state index contributed by atoms with van der Waals surface area (Å²) in [5, 5.41) is 14.8. The van der Waals surface area contributed by atoms with Gasteiger partial charge in [-0.2, -0.15) is 5.26 Å². The van der Waals surface area contributed by atoms with Crippen LogP contribution in [0, 0.1) is 11.3 Å². The number of amides is 1. The van der Waals surface area contributed by atoms with Crippen molar-refractivity contribution in [3.8, 4) is 17.2 Å². The van der Waals surface area contributed by atoms with Crippen LogP contribution in [0.4, 0.5) is 0 Å². The highest BCUT2D eigenvalue weighted by Gasteiger charge is 2.15. The molecule has 0 aromatic heterocycles. The lowest BCUT2D eigenvalue weighted by Crippen LogP contribution is -2.42. The van der Waals surface area contributed by atoms with Gasteiger partial charge < -0.3 is 10.2 Å². The minimum absolute atomic E-state index is 0.00582. The normalized spacial score (nSPS) is 13.9. The number of carbonyl (C=O) groups is 1. The van der Waals surface area contributed by atoms with Crippen molar-refractivity contribution < 1.29 is 4.79 Å². The number of nitrogens with zero attached hydrogens (tertiary/aromatic N) is 3. The molecule has 1 N–H and O–H groups in total. The zero-order valence-corrected chi connectivity index (χ0v) is 20.6. The topological polar surface area (TPSA) is 59.4 Å². The number of nitriles is 1. The molecule has 5 heteroatoms. The highest BCUT2D eigenvalue weighted by molar-refractivity contribution is 5.95. The predicted octanol–water partition coefficient (Wildman–Crippen LogP) is 5.06. The fraction of sp³-hybridized carbons (Fsp3) is 0.226. The van der Waals surface area contributed by atoms with Crippen molar-refractivity contribution in [1.29, 1.82) is 5.26 Å². The Morgan fingerprint density at radius 2 is 1.64 bits per heavy atom. The molecular formula is C31H30N4O. The number of rotatable bonds is 6. The first kappa shape index (κ1) is 23.7. The van der Waals surface area contributed by atoms with Crippen LogP contribution >= 0.6 is 0 Å². The van der Waals surface area contributed by atoms with Crippen LogP contribution in [0.1, 0.15) is 27.0 Å². The first-order valence-corrected chi connectivity index (χ1v) is 12.4. The second kappa shape index (κ2) is 10.7. The number of fused-ring (bicyclic) bond motifs is 1. The molecule has 36 heavy (non-hydrogen) atoms. The first-order chi connectivity index (χ1) is 17.6. The van der Waals surface area contributed by atoms with Gasteiger partial charge in [0.1, 0.15) is 0 Å². The maximum Gasteiger partial charge on any atom is 0.253 e. The van der Waals surface area contributed by atoms with Crippen LogP contribution in [0.5, 0.6) is 0 Å². The van der Waals surface area contributed by atoms with E-state index in [1.165, 1.54) is 16.3 Å². The molecule has 1 heterocycles. The summed E-state index contributed by atoms with van der Waals surface area (Å²) in [5.74, 6) is -0.00582. The summed E-state index contributed by atoms with van der Waals surface area (Å²) >= 11 is 0. The Hall–Kier alpha value is -3.98. The van der Waals surface area contributed by atoms with Crippen molar-refractivity contribution in [2.24, 2.45) is 0 Å². The third-order valence-corrected chi connectivity index (χ3v) is 6.88. The van der Waals surface area contributed by atoms with Crippen LogP contribution in [-0.2, 0) is 13.1 Å². The molecule has 0 bridgehead atoms. The predicted molar refractivity (Wildman–Crippen MR) is 144 cm³/mol. The summed E-state index contributed by atoms with van der Waals surface area (Å²) in [7, 11) is 1.86. The molecule has 0 saturated carbocycles. The van der Waals surface area contributed by atoms with E-state index in [2.05, 4.69) is 52.7 Å². The molecular weight excluding hydrogens is 444 g/mol. The third kappa shape index (κ3) is 5.31. The summed E-state index contributed by atoms with van der Waals surface area (Å²) < 4.78 is 0. The van der Waals surface area contributed by atoms with Gasteiger partial charge in [-0.05, 0) is 63.4 Å². The van der Waals surface area contributed by atoms with Crippen molar-refractivity contribution in [2.45, 2.75) is 13.1 Å². The smallest absolute Gasteiger partial charge is 0.253 e. The molecule has 0 spiro atoms. The van der Waals surface area contributed by atoms with Crippen molar-refractivity contribution in [3.05, 3.63) is 107 Å². The van der Waals surface area contributed by atoms with E-state index in [4.69, 9.17) is 5.26 Å². The molecule has 0 atom stereocenters. The number of benzene rings is 4. The van der Waals surface area contributed by atoms with Gasteiger partial charge >= 0.3 is 0 Å². The standard InChI is InChI=1S/C31H30N4O/c1-34(31(36)27-12-10-26(11-13-27)25-8-5-23(20-32)6-9-25)22-29-4-2-3-28-19-24(7-14-30(28)29)21-35-17-15-33-16-18-35/h2-14,19,33H,15-18,21-22H2,1H3. The van der Waals surface area contributed by atoms with E-state index in [0.717, 1.165) is 49.4 Å². The Balaban J connectivity index is 1.28. The van der Waals surface area contributed by atoms with Crippen molar-refractivity contribution in [1.82, 2.24) is 15.1 Å². The second-order valence-corrected chi connectivity index (χ2v) is 9.43. The van der Waals surface area contributed by atoms with Gasteiger partial charge in [-0.15, -0.1) is 0 Å². The molecule has 0 radical (unpaired) electrons. The van der Waals surface area contributed by atoms with E-state index in [9.17, 15) is 4.79 Å². The summed E-state index contributed by atoms with van der Waals surface area (Å²) in [4.78, 5) is 17.4. The lowest BCUT2D eigenvalue weighted by Gasteiger charge is -2.27. The van der Waals surface area contributed by atoms with E-state index < -0.39 is 0 Å². The molecule has 0 unspecified atom stereocenters. The van der Waals surface area contributed by atoms with Crippen LogP contribution in [-0.4, -0.2) is 48.9 Å². The van der Waals surface area contributed by atoms with Crippen LogP contribution in [0.25, 0.3) is 21.9 Å². The Morgan fingerprint density at radius 3 is 2.33 bits per heavy atom. The molecule has 1 fully saturated rings. The molecule has 1 aliphatic rings. The molecule has 1 aliphatic heterocycles. The summed E-state index contributed by atoms with van der Waals surface area (Å²) in [5.41, 5.74) is 5.81. The van der Waals surface area contributed by atoms with Gasteiger partial charge in [0, 0.05) is 51.9 Å². The molecule has 4 aromatic rings. The maximum absolute atomic E-state index is 13.2. The van der Waals surface area contributed by atoms with Crippen molar-refractivity contribution in [3.63, 3.8) is 0 Å². The molecule has 0 aliphatic carbocycles. The summed E-state index contributed by atoms with van der Waals surface area (Å²) in [6.45, 7) is 5.79. The Bertz CT molecular complexity index is 1400. The van der Waals surface area contributed by atoms with E-state index in [-0.39, 0.29) is 5.91 Å². The monoisotopic (exact) mass is 474 g/mol. The van der Waals surface area contributed by atoms with Gasteiger partial charge in [0.25, 0.3) is 5.91 Å². The number of carbonyl (C=O) groups excluding carboxylic acids is 1. The van der Waals surface area contributed by atoms with Crippen molar-refractivity contribution in [2.75, 3.05) is 33.2 Å². The fourth-order valence-electron chi connectivity index (χ4n) is 4.85. The minimum Gasteiger partial charge on any atom is -0.337 e. The largest absolute Gasteiger partial charge is 0.337 e. The highest BCUT2D eigenvalue weighted by atomic mass is 16.2. The number of piperazine rings is 1. The van der Waals surface area contributed by atoms with Crippen LogP contribution in [0.15, 0.2) is 84.9 Å². The zero-order chi connectivity index (χ0) is 24.9. The number of hydrogen-bond donors (Lipinski definition) is 1. The van der Waals surface area contributed by atoms with Crippen molar-refractivity contribution >= 4 is 16.7 Å². The van der Waals surface area contributed by atoms with E-state index in [1.54, 1.807) is 17.0 Å². The van der Waals surface area contributed by atoms with Crippen LogP contribution in [0.2, 0.25) is 0 Å². The molecule has 1 amide bonds. The molecule has 4 aromatic carbocycles.